The largest absolute Gasteiger partial charge is 0.372 e. The van der Waals surface area contributed by atoms with Crippen molar-refractivity contribution in [3.63, 3.8) is 0 Å². The SMILES string of the molecule is CC1CCN(c2ccc(NC(=O)C(=O)c3c[nH]c4cc(Cl)ccc34)cc2)CC1. The minimum Gasteiger partial charge on any atom is -0.372 e. The van der Waals surface area contributed by atoms with E-state index in [0.29, 0.717) is 21.7 Å². The molecule has 1 saturated heterocycles. The Morgan fingerprint density at radius 3 is 2.54 bits per heavy atom. The van der Waals surface area contributed by atoms with E-state index in [9.17, 15) is 9.59 Å². The van der Waals surface area contributed by atoms with Crippen LogP contribution in [0.5, 0.6) is 0 Å². The van der Waals surface area contributed by atoms with Gasteiger partial charge >= 0.3 is 0 Å². The van der Waals surface area contributed by atoms with E-state index in [0.717, 1.165) is 30.2 Å². The summed E-state index contributed by atoms with van der Waals surface area (Å²) in [6, 6.07) is 12.8. The van der Waals surface area contributed by atoms with Gasteiger partial charge in [0, 0.05) is 46.6 Å². The lowest BCUT2D eigenvalue weighted by Crippen LogP contribution is -2.32. The third-order valence-corrected chi connectivity index (χ3v) is 5.60. The van der Waals surface area contributed by atoms with Crippen LogP contribution in [-0.2, 0) is 4.79 Å². The number of ketones is 1. The van der Waals surface area contributed by atoms with Crippen LogP contribution in [0.15, 0.2) is 48.7 Å². The molecule has 144 valence electrons. The number of amides is 1. The van der Waals surface area contributed by atoms with E-state index < -0.39 is 11.7 Å². The van der Waals surface area contributed by atoms with Gasteiger partial charge in [-0.15, -0.1) is 0 Å². The minimum atomic E-state index is -0.657. The molecule has 1 amide bonds. The van der Waals surface area contributed by atoms with Crippen molar-refractivity contribution >= 4 is 45.6 Å². The van der Waals surface area contributed by atoms with Gasteiger partial charge in [0.05, 0.1) is 5.56 Å². The maximum Gasteiger partial charge on any atom is 0.296 e. The van der Waals surface area contributed by atoms with Crippen LogP contribution >= 0.6 is 11.6 Å². The van der Waals surface area contributed by atoms with E-state index in [4.69, 9.17) is 11.6 Å². The summed E-state index contributed by atoms with van der Waals surface area (Å²) >= 11 is 5.97. The first kappa shape index (κ1) is 18.6. The average molecular weight is 396 g/mol. The van der Waals surface area contributed by atoms with E-state index in [-0.39, 0.29) is 0 Å². The van der Waals surface area contributed by atoms with Crippen molar-refractivity contribution in [3.8, 4) is 0 Å². The molecule has 6 heteroatoms. The van der Waals surface area contributed by atoms with Crippen molar-refractivity contribution in [1.82, 2.24) is 4.98 Å². The first-order chi connectivity index (χ1) is 13.5. The maximum absolute atomic E-state index is 12.6. The molecule has 2 heterocycles. The van der Waals surface area contributed by atoms with Crippen LogP contribution in [0.1, 0.15) is 30.1 Å². The Labute approximate surface area is 168 Å². The van der Waals surface area contributed by atoms with Gasteiger partial charge in [-0.25, -0.2) is 0 Å². The second kappa shape index (κ2) is 7.68. The monoisotopic (exact) mass is 395 g/mol. The Kier molecular flexibility index (Phi) is 5.09. The quantitative estimate of drug-likeness (QED) is 0.488. The fourth-order valence-electron chi connectivity index (χ4n) is 3.62. The van der Waals surface area contributed by atoms with Crippen LogP contribution < -0.4 is 10.2 Å². The number of H-pyrrole nitrogens is 1. The summed E-state index contributed by atoms with van der Waals surface area (Å²) in [5, 5.41) is 3.95. The van der Waals surface area contributed by atoms with Gasteiger partial charge < -0.3 is 15.2 Å². The third-order valence-electron chi connectivity index (χ3n) is 5.37. The van der Waals surface area contributed by atoms with Crippen LogP contribution in [0.2, 0.25) is 5.02 Å². The Morgan fingerprint density at radius 1 is 1.11 bits per heavy atom. The first-order valence-corrected chi connectivity index (χ1v) is 9.86. The molecule has 0 spiro atoms. The van der Waals surface area contributed by atoms with Crippen molar-refractivity contribution in [2.45, 2.75) is 19.8 Å². The zero-order valence-electron chi connectivity index (χ0n) is 15.7. The number of aromatic amines is 1. The molecule has 1 aromatic heterocycles. The second-order valence-corrected chi connectivity index (χ2v) is 7.83. The molecule has 0 aliphatic carbocycles. The van der Waals surface area contributed by atoms with Gasteiger partial charge in [-0.3, -0.25) is 9.59 Å². The van der Waals surface area contributed by atoms with Crippen molar-refractivity contribution in [2.24, 2.45) is 5.92 Å². The van der Waals surface area contributed by atoms with Crippen LogP contribution in [0, 0.1) is 5.92 Å². The number of aromatic nitrogens is 1. The van der Waals surface area contributed by atoms with E-state index >= 15 is 0 Å². The molecule has 5 nitrogen and oxygen atoms in total. The molecule has 0 atom stereocenters. The molecule has 0 radical (unpaired) electrons. The zero-order chi connectivity index (χ0) is 19.7. The molecule has 0 unspecified atom stereocenters. The number of benzene rings is 2. The smallest absolute Gasteiger partial charge is 0.296 e. The molecule has 3 aromatic rings. The average Bonchev–Trinajstić information content (AvgIpc) is 3.11. The van der Waals surface area contributed by atoms with Gasteiger partial charge in [0.2, 0.25) is 0 Å². The van der Waals surface area contributed by atoms with Crippen LogP contribution in [0.3, 0.4) is 0 Å². The van der Waals surface area contributed by atoms with Gasteiger partial charge in [-0.1, -0.05) is 24.6 Å². The molecule has 0 bridgehead atoms. The minimum absolute atomic E-state index is 0.336. The van der Waals surface area contributed by atoms with E-state index in [2.05, 4.69) is 22.1 Å². The van der Waals surface area contributed by atoms with Gasteiger partial charge in [-0.05, 0) is 55.2 Å². The molecular formula is C22H22ClN3O2. The number of halogens is 1. The Bertz CT molecular complexity index is 1020. The molecule has 1 aliphatic rings. The fraction of sp³-hybridized carbons (Fsp3) is 0.273. The standard InChI is InChI=1S/C22H22ClN3O2/c1-14-8-10-26(11-9-14)17-5-3-16(4-6-17)25-22(28)21(27)19-13-24-20-12-15(23)2-7-18(19)20/h2-7,12-14,24H,8-11H2,1H3,(H,25,28). The summed E-state index contributed by atoms with van der Waals surface area (Å²) in [6.07, 6.45) is 3.94. The van der Waals surface area contributed by atoms with Gasteiger partial charge in [0.25, 0.3) is 11.7 Å². The molecule has 1 aliphatic heterocycles. The molecule has 1 fully saturated rings. The number of hydrogen-bond acceptors (Lipinski definition) is 3. The summed E-state index contributed by atoms with van der Waals surface area (Å²) in [5.74, 6) is -0.459. The summed E-state index contributed by atoms with van der Waals surface area (Å²) in [6.45, 7) is 4.39. The Hall–Kier alpha value is -2.79. The number of nitrogens with zero attached hydrogens (tertiary/aromatic N) is 1. The van der Waals surface area contributed by atoms with Gasteiger partial charge in [-0.2, -0.15) is 0 Å². The lowest BCUT2D eigenvalue weighted by molar-refractivity contribution is -0.112. The number of hydrogen-bond donors (Lipinski definition) is 2. The maximum atomic E-state index is 12.6. The molecule has 28 heavy (non-hydrogen) atoms. The molecule has 4 rings (SSSR count). The van der Waals surface area contributed by atoms with E-state index in [1.807, 2.05) is 24.3 Å². The summed E-state index contributed by atoms with van der Waals surface area (Å²) in [7, 11) is 0. The summed E-state index contributed by atoms with van der Waals surface area (Å²) in [4.78, 5) is 30.4. The lowest BCUT2D eigenvalue weighted by Gasteiger charge is -2.32. The normalized spacial score (nSPS) is 15.0. The topological polar surface area (TPSA) is 65.2 Å². The summed E-state index contributed by atoms with van der Waals surface area (Å²) in [5.41, 5.74) is 2.81. The van der Waals surface area contributed by atoms with Gasteiger partial charge in [0.1, 0.15) is 0 Å². The highest BCUT2D eigenvalue weighted by atomic mass is 35.5. The lowest BCUT2D eigenvalue weighted by atomic mass is 9.99. The van der Waals surface area contributed by atoms with Crippen LogP contribution in [0.25, 0.3) is 10.9 Å². The molecule has 2 aromatic carbocycles. The number of piperidine rings is 1. The van der Waals surface area contributed by atoms with E-state index in [1.165, 1.54) is 12.8 Å². The van der Waals surface area contributed by atoms with E-state index in [1.54, 1.807) is 24.4 Å². The highest BCUT2D eigenvalue weighted by Crippen LogP contribution is 2.25. The number of Topliss-reactive ketones (excluding diaryl/α,β-unsaturated/α-hetero) is 1. The number of carbonyl (C=O) groups excluding carboxylic acids is 2. The number of rotatable bonds is 4. The third kappa shape index (κ3) is 3.76. The van der Waals surface area contributed by atoms with Crippen molar-refractivity contribution < 1.29 is 9.59 Å². The fourth-order valence-corrected chi connectivity index (χ4v) is 3.79. The predicted molar refractivity (Wildman–Crippen MR) is 113 cm³/mol. The summed E-state index contributed by atoms with van der Waals surface area (Å²) < 4.78 is 0. The zero-order valence-corrected chi connectivity index (χ0v) is 16.4. The number of fused-ring (bicyclic) bond motifs is 1. The first-order valence-electron chi connectivity index (χ1n) is 9.48. The van der Waals surface area contributed by atoms with Crippen LogP contribution in [-0.4, -0.2) is 29.8 Å². The number of carbonyl (C=O) groups is 2. The number of nitrogens with one attached hydrogen (secondary N) is 2. The van der Waals surface area contributed by atoms with Crippen LogP contribution in [0.4, 0.5) is 11.4 Å². The van der Waals surface area contributed by atoms with Gasteiger partial charge in [0.15, 0.2) is 0 Å². The highest BCUT2D eigenvalue weighted by molar-refractivity contribution is 6.48. The molecular weight excluding hydrogens is 374 g/mol. The second-order valence-electron chi connectivity index (χ2n) is 7.39. The Morgan fingerprint density at radius 2 is 1.82 bits per heavy atom. The Balaban J connectivity index is 1.44. The van der Waals surface area contributed by atoms with Crippen molar-refractivity contribution in [3.05, 3.63) is 59.2 Å². The predicted octanol–water partition coefficient (Wildman–Crippen LogP) is 4.88. The number of anilines is 2. The molecule has 2 N–H and O–H groups in total. The molecule has 0 saturated carbocycles. The van der Waals surface area contributed by atoms with Crippen molar-refractivity contribution in [2.75, 3.05) is 23.3 Å². The highest BCUT2D eigenvalue weighted by Gasteiger charge is 2.21. The van der Waals surface area contributed by atoms with Crippen molar-refractivity contribution in [1.29, 1.82) is 0 Å².